The fourth-order valence-electron chi connectivity index (χ4n) is 1.94. The number of amides is 2. The van der Waals surface area contributed by atoms with Crippen molar-refractivity contribution in [3.8, 4) is 0 Å². The highest BCUT2D eigenvalue weighted by Gasteiger charge is 2.34. The number of carbonyl (C=O) groups excluding carboxylic acids is 2. The van der Waals surface area contributed by atoms with E-state index in [9.17, 15) is 14.4 Å². The number of rotatable bonds is 5. The Morgan fingerprint density at radius 1 is 1.50 bits per heavy atom. The highest BCUT2D eigenvalue weighted by atomic mass is 16.4. The molecule has 1 fully saturated rings. The Balaban J connectivity index is 2.66. The van der Waals surface area contributed by atoms with Gasteiger partial charge in [0, 0.05) is 19.5 Å². The van der Waals surface area contributed by atoms with Crippen LogP contribution in [-0.2, 0) is 14.4 Å². The molecule has 0 radical (unpaired) electrons. The van der Waals surface area contributed by atoms with Gasteiger partial charge < -0.3 is 15.3 Å². The van der Waals surface area contributed by atoms with E-state index in [2.05, 4.69) is 5.32 Å². The number of aliphatic carboxylic acids is 1. The summed E-state index contributed by atoms with van der Waals surface area (Å²) >= 11 is 0. The Morgan fingerprint density at radius 3 is 2.72 bits per heavy atom. The lowest BCUT2D eigenvalue weighted by molar-refractivity contribution is -0.148. The van der Waals surface area contributed by atoms with Crippen molar-refractivity contribution in [2.75, 3.05) is 13.1 Å². The summed E-state index contributed by atoms with van der Waals surface area (Å²) in [5.41, 5.74) is 0. The van der Waals surface area contributed by atoms with Gasteiger partial charge >= 0.3 is 5.97 Å². The quantitative estimate of drug-likeness (QED) is 0.737. The van der Waals surface area contributed by atoms with E-state index in [0.29, 0.717) is 25.4 Å². The van der Waals surface area contributed by atoms with Crippen LogP contribution in [0, 0.1) is 5.92 Å². The summed E-state index contributed by atoms with van der Waals surface area (Å²) < 4.78 is 0. The first-order chi connectivity index (χ1) is 8.41. The highest BCUT2D eigenvalue weighted by Crippen LogP contribution is 2.13. The number of carbonyl (C=O) groups is 3. The molecule has 2 amide bonds. The van der Waals surface area contributed by atoms with Crippen LogP contribution in [-0.4, -0.2) is 46.9 Å². The van der Waals surface area contributed by atoms with Gasteiger partial charge in [-0.3, -0.25) is 14.4 Å². The Bertz CT molecular complexity index is 341. The zero-order valence-corrected chi connectivity index (χ0v) is 10.8. The Morgan fingerprint density at radius 2 is 2.17 bits per heavy atom. The molecule has 1 aliphatic heterocycles. The molecular formula is C12H20N2O4. The summed E-state index contributed by atoms with van der Waals surface area (Å²) in [6.45, 7) is 4.82. The minimum absolute atomic E-state index is 0.134. The molecule has 1 rings (SSSR count). The van der Waals surface area contributed by atoms with Crippen LogP contribution in [0.2, 0.25) is 0 Å². The van der Waals surface area contributed by atoms with Crippen LogP contribution >= 0.6 is 0 Å². The Hall–Kier alpha value is -1.59. The number of hydrogen-bond acceptors (Lipinski definition) is 3. The third kappa shape index (κ3) is 4.01. The van der Waals surface area contributed by atoms with E-state index in [0.717, 1.165) is 6.42 Å². The summed E-state index contributed by atoms with van der Waals surface area (Å²) in [7, 11) is 0. The monoisotopic (exact) mass is 256 g/mol. The standard InChI is InChI=1S/C12H20N2O4/c1-8(2)3-4-10(15)14-6-5-13-12(18)9(14)7-11(16)17/h8-9H,3-7H2,1-2H3,(H,13,18)(H,16,17). The SMILES string of the molecule is CC(C)CCC(=O)N1CCNC(=O)C1CC(=O)O. The van der Waals surface area contributed by atoms with Crippen molar-refractivity contribution >= 4 is 17.8 Å². The average molecular weight is 256 g/mol. The van der Waals surface area contributed by atoms with Crippen LogP contribution < -0.4 is 5.32 Å². The van der Waals surface area contributed by atoms with Crippen molar-refractivity contribution in [2.24, 2.45) is 5.92 Å². The summed E-state index contributed by atoms with van der Waals surface area (Å²) in [5.74, 6) is -1.17. The van der Waals surface area contributed by atoms with E-state index in [4.69, 9.17) is 5.11 Å². The molecule has 0 saturated carbocycles. The summed E-state index contributed by atoms with van der Waals surface area (Å²) in [6, 6.07) is -0.865. The fourth-order valence-corrected chi connectivity index (χ4v) is 1.94. The molecule has 18 heavy (non-hydrogen) atoms. The van der Waals surface area contributed by atoms with Crippen molar-refractivity contribution < 1.29 is 19.5 Å². The molecule has 102 valence electrons. The summed E-state index contributed by atoms with van der Waals surface area (Å²) in [5, 5.41) is 11.4. The normalized spacial score (nSPS) is 19.8. The maximum atomic E-state index is 12.0. The number of carboxylic acid groups (broad SMARTS) is 1. The zero-order valence-electron chi connectivity index (χ0n) is 10.8. The highest BCUT2D eigenvalue weighted by molar-refractivity contribution is 5.91. The predicted octanol–water partition coefficient (Wildman–Crippen LogP) is 0.224. The smallest absolute Gasteiger partial charge is 0.305 e. The van der Waals surface area contributed by atoms with Gasteiger partial charge in [-0.05, 0) is 12.3 Å². The van der Waals surface area contributed by atoms with E-state index in [1.54, 1.807) is 0 Å². The molecule has 2 N–H and O–H groups in total. The third-order valence-corrected chi connectivity index (χ3v) is 2.95. The van der Waals surface area contributed by atoms with Crippen LogP contribution in [0.25, 0.3) is 0 Å². The summed E-state index contributed by atoms with van der Waals surface area (Å²) in [6.07, 6.45) is 0.775. The Kier molecular flexibility index (Phi) is 5.12. The lowest BCUT2D eigenvalue weighted by Crippen LogP contribution is -2.57. The van der Waals surface area contributed by atoms with Crippen molar-refractivity contribution in [3.05, 3.63) is 0 Å². The van der Waals surface area contributed by atoms with Gasteiger partial charge in [-0.15, -0.1) is 0 Å². The van der Waals surface area contributed by atoms with Gasteiger partial charge in [0.1, 0.15) is 6.04 Å². The van der Waals surface area contributed by atoms with Gasteiger partial charge in [-0.25, -0.2) is 0 Å². The molecule has 0 aromatic carbocycles. The van der Waals surface area contributed by atoms with E-state index >= 15 is 0 Å². The largest absolute Gasteiger partial charge is 0.481 e. The molecule has 1 atom stereocenters. The van der Waals surface area contributed by atoms with Gasteiger partial charge in [0.15, 0.2) is 0 Å². The first-order valence-corrected chi connectivity index (χ1v) is 6.20. The third-order valence-electron chi connectivity index (χ3n) is 2.95. The van der Waals surface area contributed by atoms with Crippen molar-refractivity contribution in [2.45, 2.75) is 39.2 Å². The van der Waals surface area contributed by atoms with E-state index in [1.807, 2.05) is 13.8 Å². The molecular weight excluding hydrogens is 236 g/mol. The van der Waals surface area contributed by atoms with Gasteiger partial charge in [0.25, 0.3) is 0 Å². The zero-order chi connectivity index (χ0) is 13.7. The number of carboxylic acids is 1. The van der Waals surface area contributed by atoms with Crippen LogP contribution in [0.3, 0.4) is 0 Å². The number of nitrogens with zero attached hydrogens (tertiary/aromatic N) is 1. The van der Waals surface area contributed by atoms with Gasteiger partial charge in [-0.1, -0.05) is 13.8 Å². The van der Waals surface area contributed by atoms with Gasteiger partial charge in [0.2, 0.25) is 11.8 Å². The van der Waals surface area contributed by atoms with Crippen molar-refractivity contribution in [1.82, 2.24) is 10.2 Å². The predicted molar refractivity (Wildman–Crippen MR) is 64.8 cm³/mol. The second-order valence-electron chi connectivity index (χ2n) is 4.92. The van der Waals surface area contributed by atoms with Gasteiger partial charge in [-0.2, -0.15) is 0 Å². The second-order valence-corrected chi connectivity index (χ2v) is 4.92. The minimum Gasteiger partial charge on any atom is -0.481 e. The molecule has 6 heteroatoms. The molecule has 1 saturated heterocycles. The fraction of sp³-hybridized carbons (Fsp3) is 0.750. The number of nitrogens with one attached hydrogen (secondary N) is 1. The first kappa shape index (κ1) is 14.5. The molecule has 1 unspecified atom stereocenters. The molecule has 0 aliphatic carbocycles. The van der Waals surface area contributed by atoms with Crippen molar-refractivity contribution in [3.63, 3.8) is 0 Å². The van der Waals surface area contributed by atoms with E-state index in [1.165, 1.54) is 4.90 Å². The van der Waals surface area contributed by atoms with E-state index in [-0.39, 0.29) is 18.2 Å². The lowest BCUT2D eigenvalue weighted by atomic mass is 10.0. The van der Waals surface area contributed by atoms with Crippen LogP contribution in [0.5, 0.6) is 0 Å². The molecule has 0 bridgehead atoms. The average Bonchev–Trinajstić information content (AvgIpc) is 2.28. The van der Waals surface area contributed by atoms with Crippen LogP contribution in [0.4, 0.5) is 0 Å². The van der Waals surface area contributed by atoms with Crippen LogP contribution in [0.15, 0.2) is 0 Å². The number of piperazine rings is 1. The van der Waals surface area contributed by atoms with Gasteiger partial charge in [0.05, 0.1) is 6.42 Å². The number of hydrogen-bond donors (Lipinski definition) is 2. The molecule has 0 spiro atoms. The molecule has 1 heterocycles. The molecule has 6 nitrogen and oxygen atoms in total. The first-order valence-electron chi connectivity index (χ1n) is 6.20. The van der Waals surface area contributed by atoms with Crippen LogP contribution in [0.1, 0.15) is 33.1 Å². The topological polar surface area (TPSA) is 86.7 Å². The summed E-state index contributed by atoms with van der Waals surface area (Å²) in [4.78, 5) is 35.7. The maximum Gasteiger partial charge on any atom is 0.305 e. The maximum absolute atomic E-state index is 12.0. The Labute approximate surface area is 106 Å². The minimum atomic E-state index is -1.07. The second kappa shape index (κ2) is 6.37. The van der Waals surface area contributed by atoms with E-state index < -0.39 is 12.0 Å². The molecule has 1 aliphatic rings. The van der Waals surface area contributed by atoms with Crippen molar-refractivity contribution in [1.29, 1.82) is 0 Å². The molecule has 0 aromatic heterocycles. The molecule has 0 aromatic rings. The lowest BCUT2D eigenvalue weighted by Gasteiger charge is -2.34.